The van der Waals surface area contributed by atoms with Gasteiger partial charge in [0.2, 0.25) is 0 Å². The molecule has 1 saturated heterocycles. The van der Waals surface area contributed by atoms with E-state index in [1.165, 1.54) is 0 Å². The van der Waals surface area contributed by atoms with Gasteiger partial charge in [0.1, 0.15) is 12.7 Å². The maximum absolute atomic E-state index is 11.7. The molecule has 128 valence electrons. The molecule has 0 unspecified atom stereocenters. The second-order valence-electron chi connectivity index (χ2n) is 5.66. The second-order valence-corrected chi connectivity index (χ2v) is 5.66. The summed E-state index contributed by atoms with van der Waals surface area (Å²) in [6, 6.07) is 0. The number of unbranched alkanes of at least 4 members (excludes halogenated alkanes) is 2. The zero-order valence-corrected chi connectivity index (χ0v) is 13.4. The van der Waals surface area contributed by atoms with Gasteiger partial charge < -0.3 is 18.9 Å². The van der Waals surface area contributed by atoms with E-state index in [0.717, 1.165) is 31.4 Å². The van der Waals surface area contributed by atoms with Gasteiger partial charge >= 0.3 is 17.9 Å². The number of carbonyl (C=O) groups excluding carboxylic acids is 3. The van der Waals surface area contributed by atoms with Crippen molar-refractivity contribution in [1.82, 2.24) is 0 Å². The fraction of sp³-hybridized carbons (Fsp3) is 0.688. The first kappa shape index (κ1) is 17.5. The van der Waals surface area contributed by atoms with Crippen LogP contribution >= 0.6 is 0 Å². The van der Waals surface area contributed by atoms with Crippen LogP contribution in [0.5, 0.6) is 0 Å². The van der Waals surface area contributed by atoms with Gasteiger partial charge in [0, 0.05) is 18.6 Å². The van der Waals surface area contributed by atoms with E-state index in [-0.39, 0.29) is 12.6 Å². The minimum atomic E-state index is -0.783. The van der Waals surface area contributed by atoms with Crippen molar-refractivity contribution < 1.29 is 33.3 Å². The van der Waals surface area contributed by atoms with Crippen molar-refractivity contribution in [3.8, 4) is 0 Å². The van der Waals surface area contributed by atoms with E-state index in [2.05, 4.69) is 6.92 Å². The van der Waals surface area contributed by atoms with Crippen molar-refractivity contribution in [3.63, 3.8) is 0 Å². The molecule has 2 aliphatic rings. The molecule has 2 aliphatic heterocycles. The van der Waals surface area contributed by atoms with Crippen molar-refractivity contribution in [2.75, 3.05) is 6.61 Å². The Morgan fingerprint density at radius 1 is 1.13 bits per heavy atom. The minimum absolute atomic E-state index is 0.0367. The molecule has 0 saturated carbocycles. The normalized spacial score (nSPS) is 31.4. The minimum Gasteiger partial charge on any atom is -0.463 e. The summed E-state index contributed by atoms with van der Waals surface area (Å²) in [7, 11) is 0. The zero-order valence-electron chi connectivity index (χ0n) is 13.4. The summed E-state index contributed by atoms with van der Waals surface area (Å²) >= 11 is 0. The Kier molecular flexibility index (Phi) is 6.15. The average molecular weight is 326 g/mol. The topological polar surface area (TPSA) is 88.1 Å². The van der Waals surface area contributed by atoms with Gasteiger partial charge in [0.15, 0.2) is 12.2 Å². The molecule has 2 rings (SSSR count). The predicted octanol–water partition coefficient (Wildman–Crippen LogP) is 1.29. The summed E-state index contributed by atoms with van der Waals surface area (Å²) < 4.78 is 21.3. The molecule has 0 radical (unpaired) electrons. The highest BCUT2D eigenvalue weighted by Crippen LogP contribution is 2.28. The zero-order chi connectivity index (χ0) is 16.8. The Morgan fingerprint density at radius 2 is 1.78 bits per heavy atom. The molecule has 0 aromatic heterocycles. The molecule has 2 heterocycles. The van der Waals surface area contributed by atoms with E-state index in [1.54, 1.807) is 6.92 Å². The summed E-state index contributed by atoms with van der Waals surface area (Å²) in [5.41, 5.74) is 0. The third-order valence-electron chi connectivity index (χ3n) is 3.80. The van der Waals surface area contributed by atoms with Crippen LogP contribution in [0.15, 0.2) is 12.2 Å². The van der Waals surface area contributed by atoms with Gasteiger partial charge in [-0.15, -0.1) is 0 Å². The SMILES string of the molecule is CCCCCC(=O)OC[C@H]1O[C@@H](C)[C@@H]2OC(=O)/C=C\C(=O)O[C@@H]21. The third-order valence-corrected chi connectivity index (χ3v) is 3.80. The number of esters is 3. The predicted molar refractivity (Wildman–Crippen MR) is 78.3 cm³/mol. The first-order valence-electron chi connectivity index (χ1n) is 7.91. The Labute approximate surface area is 134 Å². The van der Waals surface area contributed by atoms with Crippen molar-refractivity contribution >= 4 is 17.9 Å². The second kappa shape index (κ2) is 8.10. The van der Waals surface area contributed by atoms with Crippen LogP contribution in [0.4, 0.5) is 0 Å². The molecule has 23 heavy (non-hydrogen) atoms. The summed E-state index contributed by atoms with van der Waals surface area (Å²) in [6.07, 6.45) is 2.56. The standard InChI is InChI=1S/C16H22O7/c1-3-4-5-6-12(17)20-9-11-16-15(10(2)21-11)22-13(18)7-8-14(19)23-16/h7-8,10-11,15-16H,3-6,9H2,1-2H3/b8-7-/t10-,11+,15-,16+/m0/s1. The molecule has 0 N–H and O–H groups in total. The molecule has 0 amide bonds. The van der Waals surface area contributed by atoms with E-state index in [4.69, 9.17) is 18.9 Å². The highest BCUT2D eigenvalue weighted by Gasteiger charge is 2.48. The molecule has 4 atom stereocenters. The lowest BCUT2D eigenvalue weighted by atomic mass is 10.1. The molecule has 0 bridgehead atoms. The molecule has 0 aromatic rings. The van der Waals surface area contributed by atoms with Crippen LogP contribution in [0, 0.1) is 0 Å². The highest BCUT2D eigenvalue weighted by molar-refractivity contribution is 5.92. The lowest BCUT2D eigenvalue weighted by Crippen LogP contribution is -2.42. The number of hydrogen-bond acceptors (Lipinski definition) is 7. The van der Waals surface area contributed by atoms with E-state index in [0.29, 0.717) is 6.42 Å². The van der Waals surface area contributed by atoms with Crippen molar-refractivity contribution in [3.05, 3.63) is 12.2 Å². The van der Waals surface area contributed by atoms with Gasteiger partial charge in [-0.2, -0.15) is 0 Å². The third kappa shape index (κ3) is 4.79. The molecular weight excluding hydrogens is 304 g/mol. The Bertz CT molecular complexity index is 485. The largest absolute Gasteiger partial charge is 0.463 e. The Balaban J connectivity index is 1.92. The summed E-state index contributed by atoms with van der Waals surface area (Å²) in [4.78, 5) is 34.8. The van der Waals surface area contributed by atoms with Gasteiger partial charge in [0.05, 0.1) is 6.10 Å². The molecule has 0 aromatic carbocycles. The van der Waals surface area contributed by atoms with Crippen LogP contribution < -0.4 is 0 Å². The molecule has 0 aliphatic carbocycles. The number of fused-ring (bicyclic) bond motifs is 1. The van der Waals surface area contributed by atoms with Gasteiger partial charge in [-0.25, -0.2) is 9.59 Å². The molecular formula is C16H22O7. The Morgan fingerprint density at radius 3 is 2.43 bits per heavy atom. The van der Waals surface area contributed by atoms with E-state index in [9.17, 15) is 14.4 Å². The summed E-state index contributed by atoms with van der Waals surface area (Å²) in [5.74, 6) is -1.58. The van der Waals surface area contributed by atoms with Crippen molar-refractivity contribution in [2.45, 2.75) is 63.9 Å². The Hall–Kier alpha value is -1.89. The highest BCUT2D eigenvalue weighted by atomic mass is 16.6. The smallest absolute Gasteiger partial charge is 0.331 e. The molecule has 7 heteroatoms. The van der Waals surface area contributed by atoms with Gasteiger partial charge in [0.25, 0.3) is 0 Å². The quantitative estimate of drug-likeness (QED) is 0.413. The molecule has 7 nitrogen and oxygen atoms in total. The lowest BCUT2D eigenvalue weighted by molar-refractivity contribution is -0.164. The number of carbonyl (C=O) groups is 3. The maximum Gasteiger partial charge on any atom is 0.331 e. The van der Waals surface area contributed by atoms with Crippen LogP contribution in [0.25, 0.3) is 0 Å². The van der Waals surface area contributed by atoms with Gasteiger partial charge in [-0.3, -0.25) is 4.79 Å². The van der Waals surface area contributed by atoms with Gasteiger partial charge in [-0.05, 0) is 13.3 Å². The van der Waals surface area contributed by atoms with E-state index >= 15 is 0 Å². The summed E-state index contributed by atoms with van der Waals surface area (Å²) in [5, 5.41) is 0. The molecule has 1 fully saturated rings. The summed E-state index contributed by atoms with van der Waals surface area (Å²) in [6.45, 7) is 3.73. The number of rotatable bonds is 6. The van der Waals surface area contributed by atoms with E-state index in [1.807, 2.05) is 0 Å². The van der Waals surface area contributed by atoms with E-state index < -0.39 is 36.4 Å². The number of hydrogen-bond donors (Lipinski definition) is 0. The maximum atomic E-state index is 11.7. The molecule has 0 spiro atoms. The number of ether oxygens (including phenoxy) is 4. The average Bonchev–Trinajstić information content (AvgIpc) is 2.78. The van der Waals surface area contributed by atoms with Crippen LogP contribution in [-0.2, 0) is 33.3 Å². The van der Waals surface area contributed by atoms with Crippen LogP contribution in [0.2, 0.25) is 0 Å². The first-order valence-corrected chi connectivity index (χ1v) is 7.91. The van der Waals surface area contributed by atoms with Crippen molar-refractivity contribution in [2.24, 2.45) is 0 Å². The lowest BCUT2D eigenvalue weighted by Gasteiger charge is -2.24. The first-order chi connectivity index (χ1) is 11.0. The fourth-order valence-electron chi connectivity index (χ4n) is 2.60. The van der Waals surface area contributed by atoms with Crippen LogP contribution in [0.3, 0.4) is 0 Å². The fourth-order valence-corrected chi connectivity index (χ4v) is 2.60. The van der Waals surface area contributed by atoms with Crippen LogP contribution in [-0.4, -0.2) is 48.9 Å². The van der Waals surface area contributed by atoms with Gasteiger partial charge in [-0.1, -0.05) is 19.8 Å². The van der Waals surface area contributed by atoms with Crippen LogP contribution in [0.1, 0.15) is 39.5 Å². The van der Waals surface area contributed by atoms with Crippen molar-refractivity contribution in [1.29, 1.82) is 0 Å². The monoisotopic (exact) mass is 326 g/mol.